The van der Waals surface area contributed by atoms with E-state index < -0.39 is 0 Å². The number of hydrogen-bond acceptors (Lipinski definition) is 4. The van der Waals surface area contributed by atoms with Crippen LogP contribution in [0.5, 0.6) is 0 Å². The zero-order valence-electron chi connectivity index (χ0n) is 15.9. The molecule has 1 aromatic heterocycles. The summed E-state index contributed by atoms with van der Waals surface area (Å²) in [5.74, 6) is 1.77. The number of rotatable bonds is 7. The third-order valence-electron chi connectivity index (χ3n) is 4.71. The van der Waals surface area contributed by atoms with Gasteiger partial charge in [-0.05, 0) is 58.1 Å². The Labute approximate surface area is 155 Å². The van der Waals surface area contributed by atoms with Gasteiger partial charge in [0.1, 0.15) is 11.5 Å². The summed E-state index contributed by atoms with van der Waals surface area (Å²) in [5, 5.41) is 0. The number of furan rings is 1. The van der Waals surface area contributed by atoms with Gasteiger partial charge in [0, 0.05) is 37.4 Å². The maximum Gasteiger partial charge on any atom is 0.253 e. The van der Waals surface area contributed by atoms with Gasteiger partial charge in [-0.2, -0.15) is 0 Å². The van der Waals surface area contributed by atoms with Crippen molar-refractivity contribution in [1.29, 1.82) is 0 Å². The van der Waals surface area contributed by atoms with E-state index in [9.17, 15) is 4.79 Å². The number of carbonyl (C=O) groups excluding carboxylic acids is 1. The predicted octanol–water partition coefficient (Wildman–Crippen LogP) is 3.44. The van der Waals surface area contributed by atoms with Crippen molar-refractivity contribution in [2.45, 2.75) is 25.9 Å². The van der Waals surface area contributed by atoms with E-state index in [-0.39, 0.29) is 12.0 Å². The topological polar surface area (TPSA) is 45.9 Å². The fourth-order valence-corrected chi connectivity index (χ4v) is 3.18. The molecule has 0 radical (unpaired) electrons. The second kappa shape index (κ2) is 8.52. The van der Waals surface area contributed by atoms with Crippen LogP contribution >= 0.6 is 0 Å². The van der Waals surface area contributed by atoms with Crippen LogP contribution in [0.15, 0.2) is 40.8 Å². The molecule has 1 aromatic carbocycles. The largest absolute Gasteiger partial charge is 0.461 e. The molecule has 5 nitrogen and oxygen atoms in total. The molecule has 2 aromatic rings. The quantitative estimate of drug-likeness (QED) is 0.762. The van der Waals surface area contributed by atoms with Crippen molar-refractivity contribution in [3.8, 4) is 11.3 Å². The first kappa shape index (κ1) is 18.7. The molecular weight excluding hydrogens is 328 g/mol. The van der Waals surface area contributed by atoms with Gasteiger partial charge in [0.15, 0.2) is 0 Å². The lowest BCUT2D eigenvalue weighted by Crippen LogP contribution is -2.41. The molecule has 3 rings (SSSR count). The SMILES string of the molecule is Cc1ccc(-c2ccc(C(=O)N(CCN(C)C)CC3CCCO3)cc2)o1. The Balaban J connectivity index is 1.71. The van der Waals surface area contributed by atoms with Gasteiger partial charge in [-0.3, -0.25) is 4.79 Å². The lowest BCUT2D eigenvalue weighted by atomic mass is 10.1. The summed E-state index contributed by atoms with van der Waals surface area (Å²) in [4.78, 5) is 17.0. The number of likely N-dealkylation sites (N-methyl/N-ethyl adjacent to an activating group) is 1. The molecule has 1 unspecified atom stereocenters. The molecule has 1 aliphatic rings. The van der Waals surface area contributed by atoms with E-state index in [2.05, 4.69) is 4.90 Å². The van der Waals surface area contributed by atoms with Crippen LogP contribution in [0.4, 0.5) is 0 Å². The van der Waals surface area contributed by atoms with E-state index in [4.69, 9.17) is 9.15 Å². The van der Waals surface area contributed by atoms with Crippen molar-refractivity contribution in [3.63, 3.8) is 0 Å². The van der Waals surface area contributed by atoms with Crippen molar-refractivity contribution < 1.29 is 13.9 Å². The van der Waals surface area contributed by atoms with E-state index in [1.807, 2.05) is 62.3 Å². The first-order valence-corrected chi connectivity index (χ1v) is 9.25. The summed E-state index contributed by atoms with van der Waals surface area (Å²) in [6, 6.07) is 11.6. The molecular formula is C21H28N2O3. The first-order valence-electron chi connectivity index (χ1n) is 9.25. The van der Waals surface area contributed by atoms with Gasteiger partial charge in [-0.15, -0.1) is 0 Å². The maximum absolute atomic E-state index is 13.0. The van der Waals surface area contributed by atoms with Gasteiger partial charge in [-0.25, -0.2) is 0 Å². The van der Waals surface area contributed by atoms with E-state index in [1.54, 1.807) is 0 Å². The van der Waals surface area contributed by atoms with E-state index in [0.29, 0.717) is 18.7 Å². The normalized spacial score (nSPS) is 17.0. The molecule has 0 N–H and O–H groups in total. The molecule has 0 saturated carbocycles. The Hall–Kier alpha value is -2.11. The number of carbonyl (C=O) groups is 1. The number of nitrogens with zero attached hydrogens (tertiary/aromatic N) is 2. The van der Waals surface area contributed by atoms with Gasteiger partial charge >= 0.3 is 0 Å². The van der Waals surface area contributed by atoms with Crippen LogP contribution in [-0.2, 0) is 4.74 Å². The predicted molar refractivity (Wildman–Crippen MR) is 102 cm³/mol. The molecule has 1 saturated heterocycles. The summed E-state index contributed by atoms with van der Waals surface area (Å²) in [5.41, 5.74) is 1.68. The van der Waals surface area contributed by atoms with Gasteiger partial charge in [-0.1, -0.05) is 12.1 Å². The molecule has 140 valence electrons. The Kier molecular flexibility index (Phi) is 6.12. The highest BCUT2D eigenvalue weighted by molar-refractivity contribution is 5.94. The van der Waals surface area contributed by atoms with Crippen molar-refractivity contribution in [1.82, 2.24) is 9.80 Å². The lowest BCUT2D eigenvalue weighted by molar-refractivity contribution is 0.0512. The Bertz CT molecular complexity index is 715. The third kappa shape index (κ3) is 4.74. The van der Waals surface area contributed by atoms with Crippen LogP contribution in [-0.4, -0.2) is 62.1 Å². The molecule has 2 heterocycles. The molecule has 5 heteroatoms. The number of ether oxygens (including phenoxy) is 1. The van der Waals surface area contributed by atoms with Gasteiger partial charge in [0.25, 0.3) is 5.91 Å². The van der Waals surface area contributed by atoms with Gasteiger partial charge in [0.2, 0.25) is 0 Å². The van der Waals surface area contributed by atoms with Crippen LogP contribution in [0.3, 0.4) is 0 Å². The summed E-state index contributed by atoms with van der Waals surface area (Å²) >= 11 is 0. The second-order valence-corrected chi connectivity index (χ2v) is 7.18. The smallest absolute Gasteiger partial charge is 0.253 e. The van der Waals surface area contributed by atoms with Gasteiger partial charge < -0.3 is 19.0 Å². The summed E-state index contributed by atoms with van der Waals surface area (Å²) in [6.07, 6.45) is 2.27. The Morgan fingerprint density at radius 2 is 1.88 bits per heavy atom. The highest BCUT2D eigenvalue weighted by atomic mass is 16.5. The molecule has 26 heavy (non-hydrogen) atoms. The monoisotopic (exact) mass is 356 g/mol. The average molecular weight is 356 g/mol. The minimum absolute atomic E-state index is 0.0597. The Morgan fingerprint density at radius 1 is 1.12 bits per heavy atom. The van der Waals surface area contributed by atoms with E-state index in [1.165, 1.54) is 0 Å². The summed E-state index contributed by atoms with van der Waals surface area (Å²) < 4.78 is 11.4. The molecule has 1 aliphatic heterocycles. The number of aryl methyl sites for hydroxylation is 1. The second-order valence-electron chi connectivity index (χ2n) is 7.18. The highest BCUT2D eigenvalue weighted by Crippen LogP contribution is 2.23. The van der Waals surface area contributed by atoms with Crippen LogP contribution in [0.1, 0.15) is 29.0 Å². The maximum atomic E-state index is 13.0. The first-order chi connectivity index (χ1) is 12.5. The van der Waals surface area contributed by atoms with E-state index in [0.717, 1.165) is 43.1 Å². The fraction of sp³-hybridized carbons (Fsp3) is 0.476. The number of amides is 1. The zero-order valence-corrected chi connectivity index (χ0v) is 15.9. The van der Waals surface area contributed by atoms with Crippen molar-refractivity contribution in [3.05, 3.63) is 47.7 Å². The number of benzene rings is 1. The van der Waals surface area contributed by atoms with E-state index >= 15 is 0 Å². The van der Waals surface area contributed by atoms with Crippen molar-refractivity contribution >= 4 is 5.91 Å². The standard InChI is InChI=1S/C21H28N2O3/c1-16-6-11-20(26-16)17-7-9-18(10-8-17)21(24)23(13-12-22(2)3)15-19-5-4-14-25-19/h6-11,19H,4-5,12-15H2,1-3H3. The minimum atomic E-state index is 0.0597. The Morgan fingerprint density at radius 3 is 2.46 bits per heavy atom. The van der Waals surface area contributed by atoms with Crippen LogP contribution in [0.25, 0.3) is 11.3 Å². The third-order valence-corrected chi connectivity index (χ3v) is 4.71. The fourth-order valence-electron chi connectivity index (χ4n) is 3.18. The molecule has 0 aliphatic carbocycles. The minimum Gasteiger partial charge on any atom is -0.461 e. The lowest BCUT2D eigenvalue weighted by Gasteiger charge is -2.27. The van der Waals surface area contributed by atoms with Crippen molar-refractivity contribution in [2.75, 3.05) is 40.3 Å². The van der Waals surface area contributed by atoms with Crippen LogP contribution < -0.4 is 0 Å². The number of hydrogen-bond donors (Lipinski definition) is 0. The zero-order chi connectivity index (χ0) is 18.5. The summed E-state index contributed by atoms with van der Waals surface area (Å²) in [7, 11) is 4.05. The van der Waals surface area contributed by atoms with Gasteiger partial charge in [0.05, 0.1) is 6.10 Å². The highest BCUT2D eigenvalue weighted by Gasteiger charge is 2.23. The summed E-state index contributed by atoms with van der Waals surface area (Å²) in [6.45, 7) is 4.92. The van der Waals surface area contributed by atoms with Crippen LogP contribution in [0.2, 0.25) is 0 Å². The molecule has 0 spiro atoms. The molecule has 1 amide bonds. The average Bonchev–Trinajstić information content (AvgIpc) is 3.29. The molecule has 1 fully saturated rings. The molecule has 1 atom stereocenters. The molecule has 0 bridgehead atoms. The van der Waals surface area contributed by atoms with Crippen LogP contribution in [0, 0.1) is 6.92 Å². The van der Waals surface area contributed by atoms with Crippen molar-refractivity contribution in [2.24, 2.45) is 0 Å².